The number of rotatable bonds is 2. The summed E-state index contributed by atoms with van der Waals surface area (Å²) in [4.78, 5) is 26.4. The minimum Gasteiger partial charge on any atom is -0.486 e. The molecule has 128 valence electrons. The second kappa shape index (κ2) is 6.12. The van der Waals surface area contributed by atoms with Crippen molar-refractivity contribution in [2.45, 2.75) is 19.4 Å². The molecule has 6 nitrogen and oxygen atoms in total. The number of hydrogen-bond acceptors (Lipinski definition) is 4. The standard InChI is InChI=1S/C19H18N2O4/c1-12(22)21-15-5-3-2-4-13(15)10-16(21)19(23)20-14-6-7-17-18(11-14)25-9-8-24-17/h2-7,11,16H,8-10H2,1H3,(H,20,23). The Labute approximate surface area is 145 Å². The summed E-state index contributed by atoms with van der Waals surface area (Å²) in [5, 5.41) is 2.89. The van der Waals surface area contributed by atoms with E-state index in [0.717, 1.165) is 11.3 Å². The first-order chi connectivity index (χ1) is 12.1. The molecule has 1 atom stereocenters. The fourth-order valence-corrected chi connectivity index (χ4v) is 3.33. The van der Waals surface area contributed by atoms with Crippen molar-refractivity contribution in [3.63, 3.8) is 0 Å². The number of benzene rings is 2. The maximum atomic E-state index is 12.8. The molecule has 2 amide bonds. The maximum absolute atomic E-state index is 12.8. The Balaban J connectivity index is 1.56. The fraction of sp³-hybridized carbons (Fsp3) is 0.263. The van der Waals surface area contributed by atoms with Crippen LogP contribution in [0.3, 0.4) is 0 Å². The van der Waals surface area contributed by atoms with Gasteiger partial charge in [-0.3, -0.25) is 14.5 Å². The smallest absolute Gasteiger partial charge is 0.247 e. The van der Waals surface area contributed by atoms with Crippen molar-refractivity contribution in [1.82, 2.24) is 0 Å². The SMILES string of the molecule is CC(=O)N1c2ccccc2CC1C(=O)Nc1ccc2c(c1)OCCO2. The highest BCUT2D eigenvalue weighted by atomic mass is 16.6. The first kappa shape index (κ1) is 15.5. The molecule has 0 spiro atoms. The Hall–Kier alpha value is -3.02. The summed E-state index contributed by atoms with van der Waals surface area (Å²) in [6.45, 7) is 2.49. The Kier molecular flexibility index (Phi) is 3.80. The van der Waals surface area contributed by atoms with Crippen molar-refractivity contribution in [3.8, 4) is 11.5 Å². The van der Waals surface area contributed by atoms with Crippen LogP contribution in [-0.2, 0) is 16.0 Å². The molecule has 1 N–H and O–H groups in total. The number of nitrogens with zero attached hydrogens (tertiary/aromatic N) is 1. The van der Waals surface area contributed by atoms with Gasteiger partial charge in [-0.05, 0) is 23.8 Å². The van der Waals surface area contributed by atoms with Crippen LogP contribution in [0.25, 0.3) is 0 Å². The first-order valence-electron chi connectivity index (χ1n) is 8.22. The van der Waals surface area contributed by atoms with Gasteiger partial charge in [0.25, 0.3) is 0 Å². The van der Waals surface area contributed by atoms with E-state index in [1.807, 2.05) is 24.3 Å². The van der Waals surface area contributed by atoms with Crippen molar-refractivity contribution in [1.29, 1.82) is 0 Å². The Morgan fingerprint density at radius 2 is 1.84 bits per heavy atom. The van der Waals surface area contributed by atoms with Crippen LogP contribution in [0.4, 0.5) is 11.4 Å². The number of amides is 2. The predicted molar refractivity (Wildman–Crippen MR) is 93.2 cm³/mol. The molecular formula is C19H18N2O4. The van der Waals surface area contributed by atoms with E-state index >= 15 is 0 Å². The van der Waals surface area contributed by atoms with Gasteiger partial charge in [-0.1, -0.05) is 18.2 Å². The highest BCUT2D eigenvalue weighted by Crippen LogP contribution is 2.35. The molecule has 2 aliphatic rings. The molecule has 0 radical (unpaired) electrons. The van der Waals surface area contributed by atoms with Gasteiger partial charge in [0.1, 0.15) is 19.3 Å². The average Bonchev–Trinajstić information content (AvgIpc) is 3.01. The second-order valence-corrected chi connectivity index (χ2v) is 6.09. The molecule has 0 saturated heterocycles. The quantitative estimate of drug-likeness (QED) is 0.913. The molecule has 2 aliphatic heterocycles. The fourth-order valence-electron chi connectivity index (χ4n) is 3.33. The summed E-state index contributed by atoms with van der Waals surface area (Å²) in [6.07, 6.45) is 0.506. The number of anilines is 2. The highest BCUT2D eigenvalue weighted by molar-refractivity contribution is 6.06. The summed E-state index contributed by atoms with van der Waals surface area (Å²) in [7, 11) is 0. The molecule has 25 heavy (non-hydrogen) atoms. The first-order valence-corrected chi connectivity index (χ1v) is 8.22. The molecule has 4 rings (SSSR count). The number of carbonyl (C=O) groups excluding carboxylic acids is 2. The number of ether oxygens (including phenoxy) is 2. The van der Waals surface area contributed by atoms with Gasteiger partial charge in [-0.15, -0.1) is 0 Å². The largest absolute Gasteiger partial charge is 0.486 e. The number of nitrogens with one attached hydrogen (secondary N) is 1. The molecule has 2 heterocycles. The van der Waals surface area contributed by atoms with Crippen LogP contribution < -0.4 is 19.7 Å². The lowest BCUT2D eigenvalue weighted by Crippen LogP contribution is -2.44. The highest BCUT2D eigenvalue weighted by Gasteiger charge is 2.36. The molecule has 0 bridgehead atoms. The molecular weight excluding hydrogens is 320 g/mol. The van der Waals surface area contributed by atoms with Crippen molar-refractivity contribution in [2.75, 3.05) is 23.4 Å². The second-order valence-electron chi connectivity index (χ2n) is 6.09. The van der Waals surface area contributed by atoms with Crippen molar-refractivity contribution >= 4 is 23.2 Å². The van der Waals surface area contributed by atoms with Gasteiger partial charge in [0, 0.05) is 30.8 Å². The minimum absolute atomic E-state index is 0.146. The van der Waals surface area contributed by atoms with Crippen molar-refractivity contribution in [3.05, 3.63) is 48.0 Å². The number of fused-ring (bicyclic) bond motifs is 2. The minimum atomic E-state index is -0.553. The average molecular weight is 338 g/mol. The lowest BCUT2D eigenvalue weighted by Gasteiger charge is -2.24. The third-order valence-corrected chi connectivity index (χ3v) is 4.43. The van der Waals surface area contributed by atoms with E-state index < -0.39 is 6.04 Å². The topological polar surface area (TPSA) is 67.9 Å². The maximum Gasteiger partial charge on any atom is 0.247 e. The lowest BCUT2D eigenvalue weighted by molar-refractivity contribution is -0.122. The number of para-hydroxylation sites is 1. The summed E-state index contributed by atoms with van der Waals surface area (Å²) in [5.74, 6) is 0.917. The van der Waals surface area contributed by atoms with Crippen molar-refractivity contribution < 1.29 is 19.1 Å². The molecule has 0 aliphatic carbocycles. The third kappa shape index (κ3) is 2.80. The van der Waals surface area contributed by atoms with E-state index in [4.69, 9.17) is 9.47 Å². The molecule has 0 fully saturated rings. The van der Waals surface area contributed by atoms with Gasteiger partial charge >= 0.3 is 0 Å². The van der Waals surface area contributed by atoms with Crippen molar-refractivity contribution in [2.24, 2.45) is 0 Å². The van der Waals surface area contributed by atoms with Gasteiger partial charge < -0.3 is 14.8 Å². The van der Waals surface area contributed by atoms with Crippen LogP contribution in [0.5, 0.6) is 11.5 Å². The molecule has 1 unspecified atom stereocenters. The van der Waals surface area contributed by atoms with E-state index in [2.05, 4.69) is 5.32 Å². The summed E-state index contributed by atoms with van der Waals surface area (Å²) < 4.78 is 11.0. The van der Waals surface area contributed by atoms with E-state index in [1.165, 1.54) is 6.92 Å². The lowest BCUT2D eigenvalue weighted by atomic mass is 10.1. The Morgan fingerprint density at radius 1 is 1.08 bits per heavy atom. The predicted octanol–water partition coefficient (Wildman–Crippen LogP) is 2.37. The van der Waals surface area contributed by atoms with E-state index in [-0.39, 0.29) is 11.8 Å². The van der Waals surface area contributed by atoms with Gasteiger partial charge in [0.15, 0.2) is 11.5 Å². The van der Waals surface area contributed by atoms with Gasteiger partial charge in [0.05, 0.1) is 0 Å². The summed E-state index contributed by atoms with van der Waals surface area (Å²) in [6, 6.07) is 12.3. The van der Waals surface area contributed by atoms with E-state index in [0.29, 0.717) is 36.8 Å². The van der Waals surface area contributed by atoms with Crippen LogP contribution >= 0.6 is 0 Å². The van der Waals surface area contributed by atoms with Gasteiger partial charge in [0.2, 0.25) is 11.8 Å². The normalized spacial score (nSPS) is 17.8. The molecule has 0 aromatic heterocycles. The van der Waals surface area contributed by atoms with E-state index in [9.17, 15) is 9.59 Å². The molecule has 2 aromatic rings. The zero-order chi connectivity index (χ0) is 17.4. The molecule has 6 heteroatoms. The number of hydrogen-bond donors (Lipinski definition) is 1. The molecule has 0 saturated carbocycles. The van der Waals surface area contributed by atoms with Crippen LogP contribution in [-0.4, -0.2) is 31.1 Å². The van der Waals surface area contributed by atoms with Crippen LogP contribution in [0.1, 0.15) is 12.5 Å². The van der Waals surface area contributed by atoms with Gasteiger partial charge in [-0.25, -0.2) is 0 Å². The van der Waals surface area contributed by atoms with Crippen LogP contribution in [0, 0.1) is 0 Å². The number of carbonyl (C=O) groups is 2. The zero-order valence-electron chi connectivity index (χ0n) is 13.8. The van der Waals surface area contributed by atoms with Crippen LogP contribution in [0.2, 0.25) is 0 Å². The zero-order valence-corrected chi connectivity index (χ0v) is 13.8. The summed E-state index contributed by atoms with van der Waals surface area (Å²) in [5.41, 5.74) is 2.42. The van der Waals surface area contributed by atoms with E-state index in [1.54, 1.807) is 23.1 Å². The monoisotopic (exact) mass is 338 g/mol. The van der Waals surface area contributed by atoms with Gasteiger partial charge in [-0.2, -0.15) is 0 Å². The molecule has 2 aromatic carbocycles. The van der Waals surface area contributed by atoms with Crippen LogP contribution in [0.15, 0.2) is 42.5 Å². The summed E-state index contributed by atoms with van der Waals surface area (Å²) >= 11 is 0. The third-order valence-electron chi connectivity index (χ3n) is 4.43. The Bertz CT molecular complexity index is 849. The Morgan fingerprint density at radius 3 is 2.64 bits per heavy atom.